The molecule has 30 heavy (non-hydrogen) atoms. The van der Waals surface area contributed by atoms with E-state index in [2.05, 4.69) is 20.9 Å². The van der Waals surface area contributed by atoms with Crippen molar-refractivity contribution in [2.75, 3.05) is 10.6 Å². The van der Waals surface area contributed by atoms with Gasteiger partial charge in [-0.3, -0.25) is 14.2 Å². The maximum Gasteiger partial charge on any atom is 0.319 e. The molecule has 3 aromatic rings. The lowest BCUT2D eigenvalue weighted by Gasteiger charge is -2.12. The predicted molar refractivity (Wildman–Crippen MR) is 115 cm³/mol. The molecule has 0 aliphatic heterocycles. The van der Waals surface area contributed by atoms with Crippen LogP contribution in [0.1, 0.15) is 30.1 Å². The molecule has 1 saturated carbocycles. The number of amides is 3. The van der Waals surface area contributed by atoms with Crippen molar-refractivity contribution >= 4 is 63.5 Å². The third-order valence-corrected chi connectivity index (χ3v) is 5.15. The average Bonchev–Trinajstić information content (AvgIpc) is 3.35. The Morgan fingerprint density at radius 2 is 1.80 bits per heavy atom. The third kappa shape index (κ3) is 4.10. The van der Waals surface area contributed by atoms with Crippen molar-refractivity contribution in [3.05, 3.63) is 52.3 Å². The molecule has 4 rings (SSSR count). The van der Waals surface area contributed by atoms with Gasteiger partial charge in [0.2, 0.25) is 5.91 Å². The highest BCUT2D eigenvalue weighted by Crippen LogP contribution is 2.32. The summed E-state index contributed by atoms with van der Waals surface area (Å²) >= 11 is 12.7. The molecule has 0 unspecified atom stereocenters. The zero-order chi connectivity index (χ0) is 21.4. The number of aromatic nitrogens is 2. The van der Waals surface area contributed by atoms with Crippen LogP contribution in [0.2, 0.25) is 10.0 Å². The molecule has 0 bridgehead atoms. The second-order valence-corrected chi connectivity index (χ2v) is 7.77. The molecule has 10 heteroatoms. The summed E-state index contributed by atoms with van der Waals surface area (Å²) in [5.41, 5.74) is 1.02. The molecule has 1 aromatic carbocycles. The summed E-state index contributed by atoms with van der Waals surface area (Å²) in [4.78, 5) is 40.6. The van der Waals surface area contributed by atoms with Crippen LogP contribution in [0.25, 0.3) is 10.9 Å². The minimum atomic E-state index is -0.450. The zero-order valence-electron chi connectivity index (χ0n) is 15.8. The van der Waals surface area contributed by atoms with Crippen LogP contribution in [0.4, 0.5) is 16.3 Å². The number of fused-ring (bicyclic) bond motifs is 1. The highest BCUT2D eigenvalue weighted by atomic mass is 35.5. The second kappa shape index (κ2) is 7.97. The summed E-state index contributed by atoms with van der Waals surface area (Å²) in [6, 6.07) is 6.13. The fourth-order valence-electron chi connectivity index (χ4n) is 3.06. The Morgan fingerprint density at radius 3 is 2.43 bits per heavy atom. The highest BCUT2D eigenvalue weighted by Gasteiger charge is 2.24. The van der Waals surface area contributed by atoms with Gasteiger partial charge in [-0.1, -0.05) is 23.2 Å². The lowest BCUT2D eigenvalue weighted by Crippen LogP contribution is -2.30. The van der Waals surface area contributed by atoms with Crippen molar-refractivity contribution in [1.29, 1.82) is 0 Å². The van der Waals surface area contributed by atoms with Crippen LogP contribution >= 0.6 is 23.2 Å². The van der Waals surface area contributed by atoms with Crippen molar-refractivity contribution in [2.45, 2.75) is 25.8 Å². The first-order chi connectivity index (χ1) is 14.3. The minimum Gasteiger partial charge on any atom is -0.335 e. The highest BCUT2D eigenvalue weighted by molar-refractivity contribution is 6.40. The fourth-order valence-corrected chi connectivity index (χ4v) is 3.71. The first kappa shape index (κ1) is 20.2. The number of halogens is 2. The van der Waals surface area contributed by atoms with Gasteiger partial charge in [0.15, 0.2) is 0 Å². The van der Waals surface area contributed by atoms with Crippen molar-refractivity contribution in [2.24, 2.45) is 0 Å². The number of urea groups is 1. The van der Waals surface area contributed by atoms with Crippen LogP contribution < -0.4 is 16.0 Å². The van der Waals surface area contributed by atoms with Crippen molar-refractivity contribution < 1.29 is 14.4 Å². The van der Waals surface area contributed by atoms with Gasteiger partial charge in [0.1, 0.15) is 5.82 Å². The number of hydrogen-bond donors (Lipinski definition) is 3. The molecule has 1 fully saturated rings. The Kier molecular flexibility index (Phi) is 5.36. The lowest BCUT2D eigenvalue weighted by atomic mass is 10.1. The Bertz CT molecular complexity index is 1160. The van der Waals surface area contributed by atoms with E-state index in [4.69, 9.17) is 23.2 Å². The standard InChI is InChI=1S/C20H17Cl2N5O3/c1-10(28)24-18-13-5-7-27(16(13)4-6-23-18)19(29)17-14(21)8-12(9-15(17)22)26-20(30)25-11-2-3-11/h4-9,11H,2-3H2,1H3,(H,23,24,28)(H2,25,26,30). The number of hydrogen-bond acceptors (Lipinski definition) is 4. The molecule has 1 aliphatic rings. The first-order valence-corrected chi connectivity index (χ1v) is 9.94. The van der Waals surface area contributed by atoms with E-state index in [1.54, 1.807) is 18.3 Å². The Morgan fingerprint density at radius 1 is 1.10 bits per heavy atom. The number of rotatable bonds is 4. The van der Waals surface area contributed by atoms with Crippen LogP contribution in [0.3, 0.4) is 0 Å². The summed E-state index contributed by atoms with van der Waals surface area (Å²) < 4.78 is 1.38. The van der Waals surface area contributed by atoms with E-state index < -0.39 is 5.91 Å². The van der Waals surface area contributed by atoms with Crippen LogP contribution in [0.15, 0.2) is 36.7 Å². The maximum atomic E-state index is 13.2. The normalized spacial score (nSPS) is 13.2. The van der Waals surface area contributed by atoms with Gasteiger partial charge in [0.05, 0.1) is 21.1 Å². The summed E-state index contributed by atoms with van der Waals surface area (Å²) in [5.74, 6) is -0.368. The van der Waals surface area contributed by atoms with E-state index in [-0.39, 0.29) is 33.6 Å². The number of carbonyl (C=O) groups is 3. The van der Waals surface area contributed by atoms with Gasteiger partial charge in [-0.05, 0) is 37.1 Å². The quantitative estimate of drug-likeness (QED) is 0.557. The molecule has 0 saturated heterocycles. The molecule has 154 valence electrons. The minimum absolute atomic E-state index is 0.0990. The van der Waals surface area contributed by atoms with Crippen LogP contribution in [0, 0.1) is 0 Å². The molecule has 3 N–H and O–H groups in total. The number of benzene rings is 1. The lowest BCUT2D eigenvalue weighted by molar-refractivity contribution is -0.114. The van der Waals surface area contributed by atoms with Crippen LogP contribution in [-0.4, -0.2) is 33.4 Å². The number of carbonyl (C=O) groups excluding carboxylic acids is 3. The molecular weight excluding hydrogens is 429 g/mol. The Balaban J connectivity index is 1.64. The Labute approximate surface area is 181 Å². The van der Waals surface area contributed by atoms with Crippen molar-refractivity contribution in [1.82, 2.24) is 14.9 Å². The van der Waals surface area contributed by atoms with E-state index in [0.29, 0.717) is 22.4 Å². The van der Waals surface area contributed by atoms with Gasteiger partial charge in [-0.15, -0.1) is 0 Å². The van der Waals surface area contributed by atoms with Crippen molar-refractivity contribution in [3.8, 4) is 0 Å². The zero-order valence-corrected chi connectivity index (χ0v) is 17.3. The monoisotopic (exact) mass is 445 g/mol. The van der Waals surface area contributed by atoms with Crippen molar-refractivity contribution in [3.63, 3.8) is 0 Å². The van der Waals surface area contributed by atoms with Gasteiger partial charge < -0.3 is 16.0 Å². The van der Waals surface area contributed by atoms with E-state index >= 15 is 0 Å². The smallest absolute Gasteiger partial charge is 0.319 e. The van der Waals surface area contributed by atoms with Gasteiger partial charge >= 0.3 is 6.03 Å². The maximum absolute atomic E-state index is 13.2. The molecule has 0 radical (unpaired) electrons. The molecular formula is C20H17Cl2N5O3. The van der Waals surface area contributed by atoms with Gasteiger partial charge in [-0.2, -0.15) is 0 Å². The summed E-state index contributed by atoms with van der Waals surface area (Å²) in [6.45, 7) is 1.38. The van der Waals surface area contributed by atoms with Gasteiger partial charge in [-0.25, -0.2) is 9.78 Å². The number of nitrogens with one attached hydrogen (secondary N) is 3. The van der Waals surface area contributed by atoms with E-state index in [0.717, 1.165) is 12.8 Å². The Hall–Kier alpha value is -3.10. The largest absolute Gasteiger partial charge is 0.335 e. The van der Waals surface area contributed by atoms with E-state index in [1.165, 1.54) is 29.8 Å². The molecule has 2 aromatic heterocycles. The molecule has 8 nitrogen and oxygen atoms in total. The fraction of sp³-hybridized carbons (Fsp3) is 0.200. The second-order valence-electron chi connectivity index (χ2n) is 6.95. The van der Waals surface area contributed by atoms with Gasteiger partial charge in [0.25, 0.3) is 5.91 Å². The molecule has 0 spiro atoms. The SMILES string of the molecule is CC(=O)Nc1nccc2c1ccn2C(=O)c1c(Cl)cc(NC(=O)NC2CC2)cc1Cl. The third-order valence-electron chi connectivity index (χ3n) is 4.56. The van der Waals surface area contributed by atoms with Crippen LogP contribution in [-0.2, 0) is 4.79 Å². The van der Waals surface area contributed by atoms with Gasteiger partial charge in [0, 0.05) is 36.4 Å². The number of nitrogens with zero attached hydrogens (tertiary/aromatic N) is 2. The number of pyridine rings is 1. The summed E-state index contributed by atoms with van der Waals surface area (Å²) in [5, 5.41) is 8.90. The molecule has 2 heterocycles. The number of anilines is 2. The summed E-state index contributed by atoms with van der Waals surface area (Å²) in [7, 11) is 0. The average molecular weight is 446 g/mol. The van der Waals surface area contributed by atoms with E-state index in [9.17, 15) is 14.4 Å². The molecule has 1 aliphatic carbocycles. The predicted octanol–water partition coefficient (Wildman–Crippen LogP) is 4.27. The molecule has 0 atom stereocenters. The topological polar surface area (TPSA) is 105 Å². The molecule has 3 amide bonds. The van der Waals surface area contributed by atoms with E-state index in [1.807, 2.05) is 0 Å². The first-order valence-electron chi connectivity index (χ1n) is 9.18. The van der Waals surface area contributed by atoms with Crippen LogP contribution in [0.5, 0.6) is 0 Å². The summed E-state index contributed by atoms with van der Waals surface area (Å²) in [6.07, 6.45) is 4.98.